The fourth-order valence-corrected chi connectivity index (χ4v) is 0.701. The van der Waals surface area contributed by atoms with Crippen molar-refractivity contribution in [1.82, 2.24) is 0 Å². The summed E-state index contributed by atoms with van der Waals surface area (Å²) in [6.45, 7) is 0. The van der Waals surface area contributed by atoms with Crippen molar-refractivity contribution in [3.05, 3.63) is 35.1 Å². The van der Waals surface area contributed by atoms with E-state index in [4.69, 9.17) is 0 Å². The van der Waals surface area contributed by atoms with E-state index in [9.17, 15) is 22.0 Å². The van der Waals surface area contributed by atoms with Gasteiger partial charge in [-0.25, -0.2) is 22.0 Å². The zero-order valence-corrected chi connectivity index (χ0v) is 5.62. The second kappa shape index (κ2) is 3.08. The molecule has 0 bridgehead atoms. The van der Waals surface area contributed by atoms with Gasteiger partial charge in [0.2, 0.25) is 0 Å². The minimum absolute atomic E-state index is 0.267. The maximum absolute atomic E-state index is 12.3. The standard InChI is InChI=1S/C7H3F5/c8-4-1-3(7(11)12)2-5(9)6(4)10/h1-2,7H. The lowest BCUT2D eigenvalue weighted by Crippen LogP contribution is -1.94. The van der Waals surface area contributed by atoms with Crippen LogP contribution in [-0.4, -0.2) is 0 Å². The van der Waals surface area contributed by atoms with E-state index in [1.165, 1.54) is 0 Å². The van der Waals surface area contributed by atoms with E-state index in [1.54, 1.807) is 0 Å². The van der Waals surface area contributed by atoms with Gasteiger partial charge in [-0.2, -0.15) is 0 Å². The van der Waals surface area contributed by atoms with Gasteiger partial charge in [-0.05, 0) is 12.1 Å². The number of rotatable bonds is 1. The van der Waals surface area contributed by atoms with E-state index in [2.05, 4.69) is 0 Å². The van der Waals surface area contributed by atoms with Gasteiger partial charge < -0.3 is 0 Å². The van der Waals surface area contributed by atoms with Gasteiger partial charge >= 0.3 is 0 Å². The van der Waals surface area contributed by atoms with Crippen molar-refractivity contribution < 1.29 is 22.0 Å². The Kier molecular flexibility index (Phi) is 2.30. The van der Waals surface area contributed by atoms with Gasteiger partial charge in [-0.1, -0.05) is 0 Å². The van der Waals surface area contributed by atoms with E-state index in [1.807, 2.05) is 0 Å². The van der Waals surface area contributed by atoms with Crippen LogP contribution in [0.25, 0.3) is 0 Å². The summed E-state index contributed by atoms with van der Waals surface area (Å²) in [6, 6.07) is 0.534. The third-order valence-electron chi connectivity index (χ3n) is 1.26. The molecule has 0 radical (unpaired) electrons. The molecular weight excluding hydrogens is 179 g/mol. The van der Waals surface area contributed by atoms with Crippen LogP contribution in [-0.2, 0) is 0 Å². The highest BCUT2D eigenvalue weighted by Crippen LogP contribution is 2.22. The third-order valence-corrected chi connectivity index (χ3v) is 1.26. The van der Waals surface area contributed by atoms with Crippen LogP contribution >= 0.6 is 0 Å². The molecular formula is C7H3F5. The molecule has 0 nitrogen and oxygen atoms in total. The zero-order valence-electron chi connectivity index (χ0n) is 5.62. The van der Waals surface area contributed by atoms with E-state index >= 15 is 0 Å². The molecule has 0 atom stereocenters. The van der Waals surface area contributed by atoms with Crippen LogP contribution in [0.15, 0.2) is 12.1 Å². The first-order valence-electron chi connectivity index (χ1n) is 2.95. The van der Waals surface area contributed by atoms with Gasteiger partial charge in [0.1, 0.15) is 0 Å². The first kappa shape index (κ1) is 8.96. The molecule has 0 aromatic heterocycles. The first-order valence-corrected chi connectivity index (χ1v) is 2.95. The number of alkyl halides is 2. The molecule has 12 heavy (non-hydrogen) atoms. The maximum atomic E-state index is 12.3. The highest BCUT2D eigenvalue weighted by Gasteiger charge is 2.15. The average Bonchev–Trinajstić information content (AvgIpc) is 1.99. The van der Waals surface area contributed by atoms with Crippen LogP contribution in [0.2, 0.25) is 0 Å². The molecule has 0 unspecified atom stereocenters. The Morgan fingerprint density at radius 2 is 1.33 bits per heavy atom. The predicted octanol–water partition coefficient (Wildman–Crippen LogP) is 3.04. The fraction of sp³-hybridized carbons (Fsp3) is 0.143. The number of benzene rings is 1. The summed E-state index contributed by atoms with van der Waals surface area (Å²) in [6.07, 6.45) is -3.01. The highest BCUT2D eigenvalue weighted by atomic mass is 19.3. The lowest BCUT2D eigenvalue weighted by molar-refractivity contribution is 0.150. The Morgan fingerprint density at radius 3 is 1.67 bits per heavy atom. The molecule has 1 aromatic carbocycles. The summed E-state index contributed by atoms with van der Waals surface area (Å²) in [5.74, 6) is -4.95. The Balaban J connectivity index is 3.21. The molecule has 0 aliphatic heterocycles. The Labute approximate surface area is 64.6 Å². The Morgan fingerprint density at radius 1 is 0.917 bits per heavy atom. The van der Waals surface area contributed by atoms with E-state index in [0.717, 1.165) is 0 Å². The average molecular weight is 182 g/mol. The second-order valence-corrected chi connectivity index (χ2v) is 2.10. The lowest BCUT2D eigenvalue weighted by atomic mass is 10.2. The molecule has 1 aromatic rings. The SMILES string of the molecule is Fc1cc(C(F)F)cc(F)c1F. The second-order valence-electron chi connectivity index (χ2n) is 2.10. The zero-order chi connectivity index (χ0) is 9.30. The van der Waals surface area contributed by atoms with E-state index < -0.39 is 29.4 Å². The van der Waals surface area contributed by atoms with Crippen molar-refractivity contribution in [2.75, 3.05) is 0 Å². The molecule has 0 aliphatic rings. The summed E-state index contributed by atoms with van der Waals surface area (Å²) in [7, 11) is 0. The van der Waals surface area contributed by atoms with Crippen LogP contribution in [0.5, 0.6) is 0 Å². The molecule has 66 valence electrons. The van der Waals surface area contributed by atoms with Gasteiger partial charge in [-0.3, -0.25) is 0 Å². The molecule has 0 spiro atoms. The van der Waals surface area contributed by atoms with Crippen molar-refractivity contribution in [3.63, 3.8) is 0 Å². The summed E-state index contributed by atoms with van der Waals surface area (Å²) in [5, 5.41) is 0. The summed E-state index contributed by atoms with van der Waals surface area (Å²) in [5.41, 5.74) is -0.869. The smallest absolute Gasteiger partial charge is 0.205 e. The summed E-state index contributed by atoms with van der Waals surface area (Å²) in [4.78, 5) is 0. The molecule has 1 rings (SSSR count). The van der Waals surface area contributed by atoms with Crippen LogP contribution in [0.4, 0.5) is 22.0 Å². The van der Waals surface area contributed by atoms with Crippen LogP contribution in [0.3, 0.4) is 0 Å². The molecule has 0 saturated carbocycles. The number of hydrogen-bond acceptors (Lipinski definition) is 0. The maximum Gasteiger partial charge on any atom is 0.264 e. The Hall–Kier alpha value is -1.13. The minimum atomic E-state index is -3.01. The number of halogens is 5. The monoisotopic (exact) mass is 182 g/mol. The fourth-order valence-electron chi connectivity index (χ4n) is 0.701. The van der Waals surface area contributed by atoms with Crippen LogP contribution in [0.1, 0.15) is 12.0 Å². The third kappa shape index (κ3) is 1.54. The normalized spacial score (nSPS) is 10.8. The van der Waals surface area contributed by atoms with Gasteiger partial charge in [0.15, 0.2) is 17.5 Å². The molecule has 0 N–H and O–H groups in total. The van der Waals surface area contributed by atoms with Crippen molar-refractivity contribution in [2.45, 2.75) is 6.43 Å². The lowest BCUT2D eigenvalue weighted by Gasteiger charge is -2.00. The van der Waals surface area contributed by atoms with E-state index in [-0.39, 0.29) is 12.1 Å². The van der Waals surface area contributed by atoms with Gasteiger partial charge in [0.05, 0.1) is 0 Å². The molecule has 0 saturated heterocycles. The summed E-state index contributed by atoms with van der Waals surface area (Å²) >= 11 is 0. The Bertz CT molecular complexity index is 271. The van der Waals surface area contributed by atoms with Gasteiger partial charge in [0.25, 0.3) is 6.43 Å². The van der Waals surface area contributed by atoms with Gasteiger partial charge in [0, 0.05) is 5.56 Å². The largest absolute Gasteiger partial charge is 0.264 e. The van der Waals surface area contributed by atoms with Crippen molar-refractivity contribution >= 4 is 0 Å². The van der Waals surface area contributed by atoms with E-state index in [0.29, 0.717) is 0 Å². The molecule has 0 amide bonds. The quantitative estimate of drug-likeness (QED) is 0.462. The van der Waals surface area contributed by atoms with Crippen molar-refractivity contribution in [1.29, 1.82) is 0 Å². The first-order chi connectivity index (χ1) is 5.52. The molecule has 0 aliphatic carbocycles. The van der Waals surface area contributed by atoms with Crippen molar-refractivity contribution in [2.24, 2.45) is 0 Å². The molecule has 0 heterocycles. The summed E-state index contributed by atoms with van der Waals surface area (Å²) < 4.78 is 60.3. The minimum Gasteiger partial charge on any atom is -0.205 e. The number of hydrogen-bond donors (Lipinski definition) is 0. The van der Waals surface area contributed by atoms with Gasteiger partial charge in [-0.15, -0.1) is 0 Å². The predicted molar refractivity (Wildman–Crippen MR) is 31.3 cm³/mol. The van der Waals surface area contributed by atoms with Crippen LogP contribution in [0, 0.1) is 17.5 Å². The molecule has 0 fully saturated rings. The van der Waals surface area contributed by atoms with Crippen LogP contribution < -0.4 is 0 Å². The highest BCUT2D eigenvalue weighted by molar-refractivity contribution is 5.20. The van der Waals surface area contributed by atoms with Crippen molar-refractivity contribution in [3.8, 4) is 0 Å². The topological polar surface area (TPSA) is 0 Å². The molecule has 5 heteroatoms.